The standard InChI is InChI=1S/C16H22N2OS/c1-11-10-17-16(20-11)15(13-7-8-13)18-14(19)9-12-5-3-2-4-6-12/h9-10,13,15H,2-8H2,1H3,(H,18,19). The van der Waals surface area contributed by atoms with Crippen molar-refractivity contribution < 1.29 is 4.79 Å². The van der Waals surface area contributed by atoms with Crippen LogP contribution in [0.4, 0.5) is 0 Å². The third-order valence-corrected chi connectivity index (χ3v) is 5.12. The second-order valence-electron chi connectivity index (χ2n) is 6.00. The molecule has 3 nitrogen and oxygen atoms in total. The number of carbonyl (C=O) groups excluding carboxylic acids is 1. The van der Waals surface area contributed by atoms with Gasteiger partial charge in [0.25, 0.3) is 0 Å². The molecule has 1 unspecified atom stereocenters. The van der Waals surface area contributed by atoms with Crippen molar-refractivity contribution >= 4 is 17.2 Å². The van der Waals surface area contributed by atoms with Crippen LogP contribution in [-0.4, -0.2) is 10.9 Å². The van der Waals surface area contributed by atoms with Crippen LogP contribution in [0.3, 0.4) is 0 Å². The van der Waals surface area contributed by atoms with Gasteiger partial charge >= 0.3 is 0 Å². The summed E-state index contributed by atoms with van der Waals surface area (Å²) in [7, 11) is 0. The molecule has 2 aliphatic rings. The molecule has 20 heavy (non-hydrogen) atoms. The fourth-order valence-electron chi connectivity index (χ4n) is 2.86. The average molecular weight is 290 g/mol. The van der Waals surface area contributed by atoms with Gasteiger partial charge < -0.3 is 5.32 Å². The highest BCUT2D eigenvalue weighted by Gasteiger charge is 2.35. The van der Waals surface area contributed by atoms with E-state index in [2.05, 4.69) is 17.2 Å². The predicted molar refractivity (Wildman–Crippen MR) is 81.6 cm³/mol. The molecule has 1 aromatic heterocycles. The van der Waals surface area contributed by atoms with E-state index < -0.39 is 0 Å². The Kier molecular flexibility index (Phi) is 4.20. The molecule has 0 radical (unpaired) electrons. The molecule has 1 atom stereocenters. The Balaban J connectivity index is 1.65. The van der Waals surface area contributed by atoms with Crippen molar-refractivity contribution in [3.8, 4) is 0 Å². The highest BCUT2D eigenvalue weighted by molar-refractivity contribution is 7.11. The Labute approximate surface area is 124 Å². The first-order valence-corrected chi connectivity index (χ1v) is 8.46. The summed E-state index contributed by atoms with van der Waals surface area (Å²) in [6.07, 6.45) is 12.1. The van der Waals surface area contributed by atoms with Gasteiger partial charge in [-0.05, 0) is 51.4 Å². The number of aromatic nitrogens is 1. The lowest BCUT2D eigenvalue weighted by atomic mass is 9.94. The minimum atomic E-state index is 0.0756. The van der Waals surface area contributed by atoms with Gasteiger partial charge in [-0.2, -0.15) is 0 Å². The lowest BCUT2D eigenvalue weighted by Crippen LogP contribution is -2.28. The van der Waals surface area contributed by atoms with Gasteiger partial charge in [0.05, 0.1) is 6.04 Å². The number of hydrogen-bond donors (Lipinski definition) is 1. The van der Waals surface area contributed by atoms with Gasteiger partial charge in [0.2, 0.25) is 5.91 Å². The molecule has 4 heteroatoms. The molecule has 3 rings (SSSR count). The fourth-order valence-corrected chi connectivity index (χ4v) is 3.78. The zero-order valence-electron chi connectivity index (χ0n) is 12.0. The Morgan fingerprint density at radius 1 is 1.40 bits per heavy atom. The summed E-state index contributed by atoms with van der Waals surface area (Å²) < 4.78 is 0. The molecule has 1 amide bonds. The maximum atomic E-state index is 12.2. The largest absolute Gasteiger partial charge is 0.343 e. The van der Waals surface area contributed by atoms with Gasteiger partial charge in [0.15, 0.2) is 0 Å². The molecule has 2 saturated carbocycles. The maximum Gasteiger partial charge on any atom is 0.244 e. The fraction of sp³-hybridized carbons (Fsp3) is 0.625. The first-order valence-electron chi connectivity index (χ1n) is 7.64. The number of allylic oxidation sites excluding steroid dienone is 1. The number of nitrogens with zero attached hydrogens (tertiary/aromatic N) is 1. The molecule has 2 aliphatic carbocycles. The van der Waals surface area contributed by atoms with E-state index in [0.717, 1.165) is 17.8 Å². The first-order chi connectivity index (χ1) is 9.72. The topological polar surface area (TPSA) is 42.0 Å². The van der Waals surface area contributed by atoms with E-state index in [9.17, 15) is 4.79 Å². The molecular formula is C16H22N2OS. The van der Waals surface area contributed by atoms with Crippen molar-refractivity contribution in [2.45, 2.75) is 57.9 Å². The van der Waals surface area contributed by atoms with Crippen molar-refractivity contribution in [1.82, 2.24) is 10.3 Å². The molecule has 1 heterocycles. The zero-order valence-corrected chi connectivity index (χ0v) is 12.8. The van der Waals surface area contributed by atoms with Crippen molar-refractivity contribution in [3.05, 3.63) is 27.7 Å². The van der Waals surface area contributed by atoms with E-state index in [0.29, 0.717) is 5.92 Å². The van der Waals surface area contributed by atoms with Crippen LogP contribution >= 0.6 is 11.3 Å². The lowest BCUT2D eigenvalue weighted by molar-refractivity contribution is -0.117. The number of carbonyl (C=O) groups is 1. The van der Waals surface area contributed by atoms with Crippen LogP contribution < -0.4 is 5.32 Å². The third-order valence-electron chi connectivity index (χ3n) is 4.13. The summed E-state index contributed by atoms with van der Waals surface area (Å²) in [5, 5.41) is 4.26. The Bertz CT molecular complexity index is 508. The number of nitrogens with one attached hydrogen (secondary N) is 1. The zero-order chi connectivity index (χ0) is 13.9. The highest BCUT2D eigenvalue weighted by atomic mass is 32.1. The van der Waals surface area contributed by atoms with E-state index in [-0.39, 0.29) is 11.9 Å². The van der Waals surface area contributed by atoms with Crippen molar-refractivity contribution in [1.29, 1.82) is 0 Å². The quantitative estimate of drug-likeness (QED) is 0.854. The Hall–Kier alpha value is -1.16. The minimum absolute atomic E-state index is 0.0756. The number of hydrogen-bond acceptors (Lipinski definition) is 3. The van der Waals surface area contributed by atoms with Crippen molar-refractivity contribution in [2.75, 3.05) is 0 Å². The summed E-state index contributed by atoms with van der Waals surface area (Å²) in [4.78, 5) is 17.9. The molecule has 0 aliphatic heterocycles. The van der Waals surface area contributed by atoms with E-state index in [4.69, 9.17) is 0 Å². The maximum absolute atomic E-state index is 12.2. The molecule has 0 bridgehead atoms. The second kappa shape index (κ2) is 6.08. The molecule has 2 fully saturated rings. The third kappa shape index (κ3) is 3.48. The van der Waals surface area contributed by atoms with Crippen LogP contribution in [0.2, 0.25) is 0 Å². The summed E-state index contributed by atoms with van der Waals surface area (Å²) in [5.41, 5.74) is 1.32. The Morgan fingerprint density at radius 3 is 2.75 bits per heavy atom. The average Bonchev–Trinajstić information content (AvgIpc) is 3.19. The van der Waals surface area contributed by atoms with E-state index in [1.165, 1.54) is 42.6 Å². The van der Waals surface area contributed by atoms with E-state index in [1.807, 2.05) is 12.3 Å². The van der Waals surface area contributed by atoms with E-state index >= 15 is 0 Å². The molecule has 1 aromatic rings. The summed E-state index contributed by atoms with van der Waals surface area (Å²) in [6.45, 7) is 2.07. The molecule has 0 spiro atoms. The van der Waals surface area contributed by atoms with Crippen LogP contribution in [0.25, 0.3) is 0 Å². The molecule has 108 valence electrons. The molecule has 0 aromatic carbocycles. The number of rotatable bonds is 4. The lowest BCUT2D eigenvalue weighted by Gasteiger charge is -2.17. The smallest absolute Gasteiger partial charge is 0.244 e. The van der Waals surface area contributed by atoms with Crippen LogP contribution in [0.15, 0.2) is 17.8 Å². The van der Waals surface area contributed by atoms with Crippen LogP contribution in [0.1, 0.15) is 60.9 Å². The molecule has 1 N–H and O–H groups in total. The second-order valence-corrected chi connectivity index (χ2v) is 7.26. The first kappa shape index (κ1) is 13.8. The Morgan fingerprint density at radius 2 is 2.15 bits per heavy atom. The summed E-state index contributed by atoms with van der Waals surface area (Å²) >= 11 is 1.71. The monoisotopic (exact) mass is 290 g/mol. The number of thiazole rings is 1. The normalized spacial score (nSPS) is 20.6. The van der Waals surface area contributed by atoms with Crippen LogP contribution in [-0.2, 0) is 4.79 Å². The van der Waals surface area contributed by atoms with Gasteiger partial charge in [-0.1, -0.05) is 12.0 Å². The molecule has 0 saturated heterocycles. The van der Waals surface area contributed by atoms with Crippen LogP contribution in [0, 0.1) is 12.8 Å². The van der Waals surface area contributed by atoms with Crippen molar-refractivity contribution in [2.24, 2.45) is 5.92 Å². The van der Waals surface area contributed by atoms with Crippen molar-refractivity contribution in [3.63, 3.8) is 0 Å². The SMILES string of the molecule is Cc1cnc(C(NC(=O)C=C2CCCCC2)C2CC2)s1. The van der Waals surface area contributed by atoms with Gasteiger partial charge in [0.1, 0.15) is 5.01 Å². The van der Waals surface area contributed by atoms with Crippen LogP contribution in [0.5, 0.6) is 0 Å². The summed E-state index contributed by atoms with van der Waals surface area (Å²) in [5.74, 6) is 0.668. The number of amides is 1. The van der Waals surface area contributed by atoms with Gasteiger partial charge in [-0.15, -0.1) is 11.3 Å². The predicted octanol–water partition coefficient (Wildman–Crippen LogP) is 3.91. The van der Waals surface area contributed by atoms with Gasteiger partial charge in [0, 0.05) is 17.2 Å². The van der Waals surface area contributed by atoms with Gasteiger partial charge in [-0.3, -0.25) is 4.79 Å². The molecular weight excluding hydrogens is 268 g/mol. The minimum Gasteiger partial charge on any atom is -0.343 e. The summed E-state index contributed by atoms with van der Waals surface area (Å²) in [6, 6.07) is 0.127. The van der Waals surface area contributed by atoms with Gasteiger partial charge in [-0.25, -0.2) is 4.98 Å². The highest BCUT2D eigenvalue weighted by Crippen LogP contribution is 2.42. The number of aryl methyl sites for hydroxylation is 1. The van der Waals surface area contributed by atoms with E-state index in [1.54, 1.807) is 11.3 Å².